The predicted molar refractivity (Wildman–Crippen MR) is 107 cm³/mol. The van der Waals surface area contributed by atoms with Crippen LogP contribution in [0, 0.1) is 0 Å². The average Bonchev–Trinajstić information content (AvgIpc) is 3.48. The second kappa shape index (κ2) is 7.73. The van der Waals surface area contributed by atoms with Gasteiger partial charge in [-0.05, 0) is 42.7 Å². The van der Waals surface area contributed by atoms with Crippen LogP contribution >= 0.6 is 0 Å². The van der Waals surface area contributed by atoms with Crippen LogP contribution in [0.4, 0.5) is 0 Å². The summed E-state index contributed by atoms with van der Waals surface area (Å²) < 4.78 is 11.2. The molecule has 7 nitrogen and oxygen atoms in total. The molecule has 0 unspecified atom stereocenters. The molecular formula is C22H25N3O4. The molecule has 2 fully saturated rings. The Labute approximate surface area is 170 Å². The molecule has 2 aromatic rings. The van der Waals surface area contributed by atoms with Crippen molar-refractivity contribution in [2.24, 2.45) is 0 Å². The molecule has 2 amide bonds. The monoisotopic (exact) mass is 395 g/mol. The summed E-state index contributed by atoms with van der Waals surface area (Å²) >= 11 is 0. The lowest BCUT2D eigenvalue weighted by atomic mass is 9.94. The van der Waals surface area contributed by atoms with Gasteiger partial charge < -0.3 is 19.7 Å². The molecule has 0 bridgehead atoms. The van der Waals surface area contributed by atoms with Crippen LogP contribution < -0.4 is 14.8 Å². The number of rotatable bonds is 6. The molecule has 1 aromatic heterocycles. The van der Waals surface area contributed by atoms with E-state index in [2.05, 4.69) is 10.3 Å². The highest BCUT2D eigenvalue weighted by atomic mass is 16.5. The van der Waals surface area contributed by atoms with Crippen molar-refractivity contribution in [2.45, 2.75) is 36.8 Å². The van der Waals surface area contributed by atoms with E-state index in [9.17, 15) is 9.59 Å². The molecule has 0 radical (unpaired) electrons. The molecule has 1 aliphatic heterocycles. The fourth-order valence-electron chi connectivity index (χ4n) is 4.07. The quantitative estimate of drug-likeness (QED) is 0.808. The molecule has 152 valence electrons. The van der Waals surface area contributed by atoms with Gasteiger partial charge in [0.05, 0.1) is 25.3 Å². The maximum absolute atomic E-state index is 13.6. The standard InChI is InChI=1S/C22H25N3O4/c1-23-20(26)19-12-18(29-17-4-3-11-24-13-17)14-25(19)21(27)22(9-10-22)15-5-7-16(28-2)8-6-15/h3-8,11,13,18-19H,9-10,12,14H2,1-2H3,(H,23,26)/t18-,19-/m0/s1. The molecule has 1 saturated carbocycles. The van der Waals surface area contributed by atoms with Crippen LogP contribution in [0.15, 0.2) is 48.8 Å². The van der Waals surface area contributed by atoms with Gasteiger partial charge in [-0.3, -0.25) is 14.6 Å². The lowest BCUT2D eigenvalue weighted by Crippen LogP contribution is -2.48. The Morgan fingerprint density at radius 3 is 2.52 bits per heavy atom. The van der Waals surface area contributed by atoms with Crippen molar-refractivity contribution in [3.8, 4) is 11.5 Å². The molecular weight excluding hydrogens is 370 g/mol. The zero-order chi connectivity index (χ0) is 20.4. The van der Waals surface area contributed by atoms with Crippen molar-refractivity contribution in [1.82, 2.24) is 15.2 Å². The smallest absolute Gasteiger partial charge is 0.242 e. The first kappa shape index (κ1) is 19.2. The van der Waals surface area contributed by atoms with E-state index in [-0.39, 0.29) is 17.9 Å². The minimum absolute atomic E-state index is 0.00597. The fourth-order valence-corrected chi connectivity index (χ4v) is 4.07. The minimum atomic E-state index is -0.554. The second-order valence-electron chi connectivity index (χ2n) is 7.56. The number of hydrogen-bond acceptors (Lipinski definition) is 5. The highest BCUT2D eigenvalue weighted by Crippen LogP contribution is 2.50. The van der Waals surface area contributed by atoms with Crippen molar-refractivity contribution in [3.05, 3.63) is 54.4 Å². The summed E-state index contributed by atoms with van der Waals surface area (Å²) in [6.07, 6.45) is 5.08. The summed E-state index contributed by atoms with van der Waals surface area (Å²) in [6, 6.07) is 10.7. The van der Waals surface area contributed by atoms with Gasteiger partial charge in [0.15, 0.2) is 0 Å². The van der Waals surface area contributed by atoms with E-state index in [1.165, 1.54) is 0 Å². The number of aromatic nitrogens is 1. The number of nitrogens with one attached hydrogen (secondary N) is 1. The van der Waals surface area contributed by atoms with Crippen LogP contribution in [0.2, 0.25) is 0 Å². The third-order valence-corrected chi connectivity index (χ3v) is 5.81. The molecule has 1 N–H and O–H groups in total. The number of hydrogen-bond donors (Lipinski definition) is 1. The Kier molecular flexibility index (Phi) is 5.13. The van der Waals surface area contributed by atoms with Gasteiger partial charge in [-0.15, -0.1) is 0 Å². The van der Waals surface area contributed by atoms with Gasteiger partial charge in [0.2, 0.25) is 11.8 Å². The van der Waals surface area contributed by atoms with E-state index < -0.39 is 11.5 Å². The molecule has 0 spiro atoms. The zero-order valence-corrected chi connectivity index (χ0v) is 16.6. The number of likely N-dealkylation sites (N-methyl/N-ethyl adjacent to an activating group) is 1. The topological polar surface area (TPSA) is 80.8 Å². The van der Waals surface area contributed by atoms with E-state index in [1.54, 1.807) is 37.5 Å². The van der Waals surface area contributed by atoms with Gasteiger partial charge in [0, 0.05) is 19.7 Å². The maximum Gasteiger partial charge on any atom is 0.242 e. The molecule has 1 aliphatic carbocycles. The largest absolute Gasteiger partial charge is 0.497 e. The van der Waals surface area contributed by atoms with E-state index in [0.29, 0.717) is 18.7 Å². The van der Waals surface area contributed by atoms with Crippen LogP contribution in [0.3, 0.4) is 0 Å². The van der Waals surface area contributed by atoms with Crippen molar-refractivity contribution in [2.75, 3.05) is 20.7 Å². The summed E-state index contributed by atoms with van der Waals surface area (Å²) in [5.74, 6) is 1.22. The minimum Gasteiger partial charge on any atom is -0.497 e. The number of carbonyl (C=O) groups excluding carboxylic acids is 2. The van der Waals surface area contributed by atoms with Crippen LogP contribution in [-0.4, -0.2) is 54.5 Å². The maximum atomic E-state index is 13.6. The van der Waals surface area contributed by atoms with Gasteiger partial charge in [-0.25, -0.2) is 0 Å². The predicted octanol–water partition coefficient (Wildman–Crippen LogP) is 1.92. The van der Waals surface area contributed by atoms with Gasteiger partial charge in [0.1, 0.15) is 23.6 Å². The summed E-state index contributed by atoms with van der Waals surface area (Å²) in [7, 11) is 3.21. The Bertz CT molecular complexity index is 881. The number of methoxy groups -OCH3 is 1. The van der Waals surface area contributed by atoms with E-state index in [4.69, 9.17) is 9.47 Å². The highest BCUT2D eigenvalue weighted by Gasteiger charge is 2.56. The first-order chi connectivity index (χ1) is 14.1. The molecule has 29 heavy (non-hydrogen) atoms. The Morgan fingerprint density at radius 1 is 1.17 bits per heavy atom. The van der Waals surface area contributed by atoms with Gasteiger partial charge in [-0.2, -0.15) is 0 Å². The Hall–Kier alpha value is -3.09. The van der Waals surface area contributed by atoms with Crippen LogP contribution in [0.1, 0.15) is 24.8 Å². The third-order valence-electron chi connectivity index (χ3n) is 5.81. The normalized spacial score (nSPS) is 22.1. The number of likely N-dealkylation sites (tertiary alicyclic amines) is 1. The lowest BCUT2D eigenvalue weighted by Gasteiger charge is -2.28. The van der Waals surface area contributed by atoms with Crippen LogP contribution in [-0.2, 0) is 15.0 Å². The highest BCUT2D eigenvalue weighted by molar-refractivity contribution is 5.95. The van der Waals surface area contributed by atoms with Gasteiger partial charge >= 0.3 is 0 Å². The van der Waals surface area contributed by atoms with Crippen molar-refractivity contribution in [1.29, 1.82) is 0 Å². The second-order valence-corrected chi connectivity index (χ2v) is 7.56. The number of carbonyl (C=O) groups is 2. The first-order valence-electron chi connectivity index (χ1n) is 9.81. The van der Waals surface area contributed by atoms with E-state index in [1.807, 2.05) is 30.3 Å². The lowest BCUT2D eigenvalue weighted by molar-refractivity contribution is -0.140. The number of pyridine rings is 1. The molecule has 2 aliphatic rings. The Morgan fingerprint density at radius 2 is 1.93 bits per heavy atom. The van der Waals surface area contributed by atoms with Crippen molar-refractivity contribution >= 4 is 11.8 Å². The van der Waals surface area contributed by atoms with E-state index >= 15 is 0 Å². The average molecular weight is 395 g/mol. The molecule has 2 heterocycles. The van der Waals surface area contributed by atoms with E-state index in [0.717, 1.165) is 24.2 Å². The summed E-state index contributed by atoms with van der Waals surface area (Å²) in [5.41, 5.74) is 0.414. The summed E-state index contributed by atoms with van der Waals surface area (Å²) in [4.78, 5) is 31.8. The van der Waals surface area contributed by atoms with Gasteiger partial charge in [0.25, 0.3) is 0 Å². The zero-order valence-electron chi connectivity index (χ0n) is 16.6. The van der Waals surface area contributed by atoms with Crippen molar-refractivity contribution < 1.29 is 19.1 Å². The number of amides is 2. The third kappa shape index (κ3) is 3.64. The molecule has 4 rings (SSSR count). The number of nitrogens with zero attached hydrogens (tertiary/aromatic N) is 2. The van der Waals surface area contributed by atoms with Crippen LogP contribution in [0.25, 0.3) is 0 Å². The first-order valence-corrected chi connectivity index (χ1v) is 9.81. The molecule has 1 saturated heterocycles. The molecule has 7 heteroatoms. The van der Waals surface area contributed by atoms with Crippen molar-refractivity contribution in [3.63, 3.8) is 0 Å². The number of benzene rings is 1. The Balaban J connectivity index is 1.55. The van der Waals surface area contributed by atoms with Crippen LogP contribution in [0.5, 0.6) is 11.5 Å². The summed E-state index contributed by atoms with van der Waals surface area (Å²) in [5, 5.41) is 2.69. The molecule has 2 atom stereocenters. The van der Waals surface area contributed by atoms with Gasteiger partial charge in [-0.1, -0.05) is 12.1 Å². The SMILES string of the molecule is CNC(=O)[C@@H]1C[C@H](Oc2cccnc2)CN1C(=O)C1(c2ccc(OC)cc2)CC1. The number of ether oxygens (including phenoxy) is 2. The fraction of sp³-hybridized carbons (Fsp3) is 0.409. The summed E-state index contributed by atoms with van der Waals surface area (Å²) in [6.45, 7) is 0.379. The molecule has 1 aromatic carbocycles.